The highest BCUT2D eigenvalue weighted by Gasteiger charge is 2.36. The van der Waals surface area contributed by atoms with Crippen molar-refractivity contribution < 1.29 is 4.42 Å². The molecule has 4 aromatic carbocycles. The van der Waals surface area contributed by atoms with Crippen molar-refractivity contribution in [1.82, 2.24) is 4.57 Å². The molecule has 0 saturated carbocycles. The van der Waals surface area contributed by atoms with Crippen LogP contribution in [-0.4, -0.2) is 10.6 Å². The molecule has 8 rings (SSSR count). The van der Waals surface area contributed by atoms with Gasteiger partial charge >= 0.3 is 0 Å². The van der Waals surface area contributed by atoms with E-state index in [0.29, 0.717) is 0 Å². The summed E-state index contributed by atoms with van der Waals surface area (Å²) in [4.78, 5) is 0. The average molecular weight is 440 g/mol. The van der Waals surface area contributed by atoms with Crippen molar-refractivity contribution >= 4 is 49.4 Å². The van der Waals surface area contributed by atoms with E-state index in [-0.39, 0.29) is 12.0 Å². The van der Waals surface area contributed by atoms with Crippen LogP contribution in [0.2, 0.25) is 0 Å². The Morgan fingerprint density at radius 1 is 0.735 bits per heavy atom. The first kappa shape index (κ1) is 18.2. The normalized spacial score (nSPS) is 19.0. The molecule has 2 atom stereocenters. The standard InChI is InChI=1S/C30H21N3O/c31-33-24-12-6-4-10-19(24)22-16-26-23(17-27(22)33)29-25(32(26)18-8-2-1-3-9-18)15-14-21-20-11-5-7-13-28(20)34-30(21)29/h1-17,19,24H,31H2. The first-order chi connectivity index (χ1) is 16.8. The van der Waals surface area contributed by atoms with E-state index < -0.39 is 0 Å². The first-order valence-electron chi connectivity index (χ1n) is 11.7. The summed E-state index contributed by atoms with van der Waals surface area (Å²) >= 11 is 0. The van der Waals surface area contributed by atoms with Crippen molar-refractivity contribution in [1.29, 1.82) is 0 Å². The minimum absolute atomic E-state index is 0.147. The summed E-state index contributed by atoms with van der Waals surface area (Å²) in [6.07, 6.45) is 8.66. The Morgan fingerprint density at radius 2 is 1.56 bits per heavy atom. The van der Waals surface area contributed by atoms with Crippen molar-refractivity contribution in [3.05, 3.63) is 109 Å². The number of benzene rings is 4. The topological polar surface area (TPSA) is 47.3 Å². The third kappa shape index (κ3) is 2.21. The fraction of sp³-hybridized carbons (Fsp3) is 0.0667. The molecule has 4 nitrogen and oxygen atoms in total. The number of hydrogen-bond acceptors (Lipinski definition) is 3. The van der Waals surface area contributed by atoms with Gasteiger partial charge < -0.3 is 14.0 Å². The molecule has 0 spiro atoms. The zero-order chi connectivity index (χ0) is 22.4. The van der Waals surface area contributed by atoms with Gasteiger partial charge in [0.2, 0.25) is 0 Å². The molecular weight excluding hydrogens is 418 g/mol. The molecule has 0 fully saturated rings. The van der Waals surface area contributed by atoms with Gasteiger partial charge in [0.25, 0.3) is 0 Å². The molecule has 0 bridgehead atoms. The minimum atomic E-state index is 0.147. The van der Waals surface area contributed by atoms with E-state index in [1.54, 1.807) is 0 Å². The smallest absolute Gasteiger partial charge is 0.145 e. The lowest BCUT2D eigenvalue weighted by atomic mass is 9.91. The second-order valence-corrected chi connectivity index (χ2v) is 9.23. The maximum Gasteiger partial charge on any atom is 0.145 e. The van der Waals surface area contributed by atoms with E-state index in [1.165, 1.54) is 11.1 Å². The van der Waals surface area contributed by atoms with Crippen molar-refractivity contribution in [3.8, 4) is 5.69 Å². The zero-order valence-corrected chi connectivity index (χ0v) is 18.3. The number of para-hydroxylation sites is 2. The Hall–Kier alpha value is -4.28. The lowest BCUT2D eigenvalue weighted by molar-refractivity contribution is 0.673. The number of fused-ring (bicyclic) bond motifs is 10. The molecule has 2 N–H and O–H groups in total. The number of nitrogens with two attached hydrogens (primary N) is 1. The van der Waals surface area contributed by atoms with Gasteiger partial charge in [0.1, 0.15) is 11.2 Å². The Bertz CT molecular complexity index is 1840. The van der Waals surface area contributed by atoms with Crippen LogP contribution in [0.25, 0.3) is 49.4 Å². The van der Waals surface area contributed by atoms with Gasteiger partial charge in [0.15, 0.2) is 0 Å². The van der Waals surface area contributed by atoms with E-state index >= 15 is 0 Å². The molecule has 2 aliphatic rings. The van der Waals surface area contributed by atoms with Crippen LogP contribution in [0.4, 0.5) is 5.69 Å². The summed E-state index contributed by atoms with van der Waals surface area (Å²) < 4.78 is 8.84. The minimum Gasteiger partial charge on any atom is -0.455 e. The summed E-state index contributed by atoms with van der Waals surface area (Å²) in [6, 6.07) is 28.0. The summed E-state index contributed by atoms with van der Waals surface area (Å²) in [7, 11) is 0. The van der Waals surface area contributed by atoms with Gasteiger partial charge in [-0.15, -0.1) is 0 Å². The van der Waals surface area contributed by atoms with Crippen LogP contribution < -0.4 is 10.9 Å². The van der Waals surface area contributed by atoms with Gasteiger partial charge in [-0.3, -0.25) is 0 Å². The summed E-state index contributed by atoms with van der Waals surface area (Å²) in [6.45, 7) is 0. The second-order valence-electron chi connectivity index (χ2n) is 9.23. The lowest BCUT2D eigenvalue weighted by Crippen LogP contribution is -2.38. The molecule has 1 aliphatic carbocycles. The van der Waals surface area contributed by atoms with Gasteiger partial charge in [-0.2, -0.15) is 0 Å². The number of nitrogens with zero attached hydrogens (tertiary/aromatic N) is 2. The predicted octanol–water partition coefficient (Wildman–Crippen LogP) is 6.96. The van der Waals surface area contributed by atoms with Crippen molar-refractivity contribution in [2.45, 2.75) is 12.0 Å². The fourth-order valence-electron chi connectivity index (χ4n) is 5.99. The monoisotopic (exact) mass is 439 g/mol. The number of allylic oxidation sites excluding steroid dienone is 2. The first-order valence-corrected chi connectivity index (χ1v) is 11.7. The molecule has 6 aromatic rings. The van der Waals surface area contributed by atoms with Crippen molar-refractivity contribution in [2.75, 3.05) is 5.01 Å². The quantitative estimate of drug-likeness (QED) is 0.282. The number of rotatable bonds is 1. The highest BCUT2D eigenvalue weighted by Crippen LogP contribution is 2.47. The number of hydrazine groups is 1. The predicted molar refractivity (Wildman–Crippen MR) is 140 cm³/mol. The third-order valence-electron chi connectivity index (χ3n) is 7.50. The molecule has 0 amide bonds. The van der Waals surface area contributed by atoms with Crippen LogP contribution in [0.3, 0.4) is 0 Å². The molecule has 2 aromatic heterocycles. The number of anilines is 1. The van der Waals surface area contributed by atoms with E-state index in [4.69, 9.17) is 10.3 Å². The maximum atomic E-state index is 6.65. The van der Waals surface area contributed by atoms with Crippen molar-refractivity contribution in [3.63, 3.8) is 0 Å². The van der Waals surface area contributed by atoms with Crippen LogP contribution in [-0.2, 0) is 0 Å². The zero-order valence-electron chi connectivity index (χ0n) is 18.3. The molecule has 4 heteroatoms. The van der Waals surface area contributed by atoms with Gasteiger partial charge in [0, 0.05) is 27.8 Å². The van der Waals surface area contributed by atoms with Crippen molar-refractivity contribution in [2.24, 2.45) is 5.84 Å². The molecule has 0 radical (unpaired) electrons. The van der Waals surface area contributed by atoms with Gasteiger partial charge in [0.05, 0.1) is 28.1 Å². The third-order valence-corrected chi connectivity index (χ3v) is 7.50. The van der Waals surface area contributed by atoms with Crippen LogP contribution in [0.1, 0.15) is 11.5 Å². The highest BCUT2D eigenvalue weighted by atomic mass is 16.3. The van der Waals surface area contributed by atoms with Crippen LogP contribution in [0.15, 0.2) is 108 Å². The molecule has 34 heavy (non-hydrogen) atoms. The summed E-state index contributed by atoms with van der Waals surface area (Å²) in [5, 5.41) is 6.49. The maximum absolute atomic E-state index is 6.65. The number of furan rings is 1. The Labute approximate surface area is 195 Å². The van der Waals surface area contributed by atoms with E-state index in [9.17, 15) is 0 Å². The van der Waals surface area contributed by atoms with Crippen LogP contribution in [0.5, 0.6) is 0 Å². The lowest BCUT2D eigenvalue weighted by Gasteiger charge is -2.23. The molecule has 2 unspecified atom stereocenters. The van der Waals surface area contributed by atoms with E-state index in [1.807, 2.05) is 17.1 Å². The average Bonchev–Trinajstić information content (AvgIpc) is 3.51. The molecule has 0 saturated heterocycles. The Kier molecular flexibility index (Phi) is 3.42. The second kappa shape index (κ2) is 6.40. The number of hydrogen-bond donors (Lipinski definition) is 1. The summed E-state index contributed by atoms with van der Waals surface area (Å²) in [5.41, 5.74) is 7.63. The van der Waals surface area contributed by atoms with E-state index in [0.717, 1.165) is 49.6 Å². The number of aromatic nitrogens is 1. The molecule has 3 heterocycles. The highest BCUT2D eigenvalue weighted by molar-refractivity contribution is 6.24. The van der Waals surface area contributed by atoms with Gasteiger partial charge in [-0.25, -0.2) is 5.84 Å². The van der Waals surface area contributed by atoms with Crippen LogP contribution >= 0.6 is 0 Å². The van der Waals surface area contributed by atoms with Gasteiger partial charge in [-0.05, 0) is 48.0 Å². The fourth-order valence-corrected chi connectivity index (χ4v) is 5.99. The SMILES string of the molecule is NN1c2cc3c4c5oc6ccccc6c5ccc4n(-c4ccccc4)c3cc2C2C=CC=CC21. The van der Waals surface area contributed by atoms with Crippen LogP contribution in [0, 0.1) is 0 Å². The summed E-state index contributed by atoms with van der Waals surface area (Å²) in [5.74, 6) is 6.90. The molecule has 1 aliphatic heterocycles. The van der Waals surface area contributed by atoms with Gasteiger partial charge in [-0.1, -0.05) is 60.7 Å². The largest absolute Gasteiger partial charge is 0.455 e. The van der Waals surface area contributed by atoms with E-state index in [2.05, 4.69) is 95.6 Å². The Morgan fingerprint density at radius 3 is 2.47 bits per heavy atom. The Balaban J connectivity index is 1.56. The molecule has 162 valence electrons. The molecular formula is C30H21N3O.